The number of nitrogens with zero attached hydrogens (tertiary/aromatic N) is 5. The van der Waals surface area contributed by atoms with Gasteiger partial charge in [0.15, 0.2) is 0 Å². The van der Waals surface area contributed by atoms with E-state index in [9.17, 15) is 9.59 Å². The van der Waals surface area contributed by atoms with E-state index in [1.165, 1.54) is 4.68 Å². The summed E-state index contributed by atoms with van der Waals surface area (Å²) in [6.45, 7) is 3.02. The van der Waals surface area contributed by atoms with Crippen molar-refractivity contribution in [3.8, 4) is 0 Å². The highest BCUT2D eigenvalue weighted by atomic mass is 16.2. The molecular weight excluding hydrogens is 356 g/mol. The van der Waals surface area contributed by atoms with E-state index in [1.54, 1.807) is 9.25 Å². The van der Waals surface area contributed by atoms with Gasteiger partial charge in [-0.05, 0) is 25.3 Å². The first kappa shape index (κ1) is 18.2. The van der Waals surface area contributed by atoms with Crippen LogP contribution in [-0.2, 0) is 30.8 Å². The number of benzene rings is 1. The van der Waals surface area contributed by atoms with Gasteiger partial charge >= 0.3 is 5.69 Å². The number of aromatic nitrogens is 5. The van der Waals surface area contributed by atoms with Crippen molar-refractivity contribution in [2.24, 2.45) is 0 Å². The second-order valence-electron chi connectivity index (χ2n) is 7.18. The second kappa shape index (κ2) is 7.84. The number of hydrogen-bond acceptors (Lipinski definition) is 4. The Bertz CT molecular complexity index is 1030. The molecule has 0 saturated carbocycles. The molecule has 146 valence electrons. The Balaban J connectivity index is 1.48. The lowest BCUT2D eigenvalue weighted by Gasteiger charge is -2.09. The zero-order valence-corrected chi connectivity index (χ0v) is 16.0. The molecule has 0 fully saturated rings. The zero-order valence-electron chi connectivity index (χ0n) is 16.0. The number of nitrogens with one attached hydrogen (secondary N) is 1. The Morgan fingerprint density at radius 3 is 2.75 bits per heavy atom. The molecule has 28 heavy (non-hydrogen) atoms. The van der Waals surface area contributed by atoms with Crippen molar-refractivity contribution in [3.05, 3.63) is 64.0 Å². The average Bonchev–Trinajstić information content (AvgIpc) is 3.04. The molecule has 1 N–H and O–H groups in total. The van der Waals surface area contributed by atoms with Gasteiger partial charge in [-0.3, -0.25) is 9.36 Å². The predicted octanol–water partition coefficient (Wildman–Crippen LogP) is 1.96. The van der Waals surface area contributed by atoms with Crippen LogP contribution in [0.25, 0.3) is 0 Å². The quantitative estimate of drug-likeness (QED) is 0.733. The van der Waals surface area contributed by atoms with Crippen LogP contribution in [0.3, 0.4) is 0 Å². The molecule has 1 aliphatic rings. The van der Waals surface area contributed by atoms with Crippen LogP contribution in [0.1, 0.15) is 36.3 Å². The smallest absolute Gasteiger partial charge is 0.309 e. The molecule has 0 saturated heterocycles. The number of aryl methyl sites for hydroxylation is 2. The lowest BCUT2D eigenvalue weighted by molar-refractivity contribution is -0.117. The maximum Gasteiger partial charge on any atom is 0.346 e. The van der Waals surface area contributed by atoms with Gasteiger partial charge in [-0.1, -0.05) is 36.8 Å². The highest BCUT2D eigenvalue weighted by molar-refractivity contribution is 5.89. The highest BCUT2D eigenvalue weighted by Crippen LogP contribution is 2.14. The number of rotatable bonds is 5. The normalized spacial score (nSPS) is 13.8. The molecule has 8 nitrogen and oxygen atoms in total. The van der Waals surface area contributed by atoms with Crippen molar-refractivity contribution in [1.82, 2.24) is 24.1 Å². The third kappa shape index (κ3) is 3.90. The molecule has 0 bridgehead atoms. The largest absolute Gasteiger partial charge is 0.346 e. The first-order valence-electron chi connectivity index (χ1n) is 9.65. The molecule has 3 aromatic rings. The van der Waals surface area contributed by atoms with E-state index in [1.807, 2.05) is 43.3 Å². The van der Waals surface area contributed by atoms with Crippen LogP contribution in [0.4, 0.5) is 5.82 Å². The zero-order chi connectivity index (χ0) is 19.5. The van der Waals surface area contributed by atoms with Gasteiger partial charge in [0.2, 0.25) is 5.91 Å². The molecule has 8 heteroatoms. The molecule has 3 heterocycles. The maximum absolute atomic E-state index is 12.6. The van der Waals surface area contributed by atoms with Crippen LogP contribution in [0.5, 0.6) is 0 Å². The monoisotopic (exact) mass is 380 g/mol. The third-order valence-corrected chi connectivity index (χ3v) is 4.92. The van der Waals surface area contributed by atoms with Crippen molar-refractivity contribution in [1.29, 1.82) is 0 Å². The van der Waals surface area contributed by atoms with Crippen molar-refractivity contribution >= 4 is 11.7 Å². The summed E-state index contributed by atoms with van der Waals surface area (Å²) < 4.78 is 4.72. The topological polar surface area (TPSA) is 86.7 Å². The number of anilines is 1. The van der Waals surface area contributed by atoms with Crippen LogP contribution in [0, 0.1) is 6.92 Å². The van der Waals surface area contributed by atoms with Gasteiger partial charge in [0.25, 0.3) is 0 Å². The number of amides is 1. The summed E-state index contributed by atoms with van der Waals surface area (Å²) in [7, 11) is 0. The summed E-state index contributed by atoms with van der Waals surface area (Å²) >= 11 is 0. The minimum absolute atomic E-state index is 0.103. The van der Waals surface area contributed by atoms with Gasteiger partial charge in [-0.25, -0.2) is 14.2 Å². The van der Waals surface area contributed by atoms with Gasteiger partial charge in [-0.2, -0.15) is 10.2 Å². The Morgan fingerprint density at radius 2 is 1.93 bits per heavy atom. The minimum Gasteiger partial charge on any atom is -0.309 e. The molecule has 1 aliphatic heterocycles. The fourth-order valence-electron chi connectivity index (χ4n) is 3.57. The average molecular weight is 380 g/mol. The van der Waals surface area contributed by atoms with Gasteiger partial charge in [0, 0.05) is 19.0 Å². The van der Waals surface area contributed by atoms with E-state index >= 15 is 0 Å². The fourth-order valence-corrected chi connectivity index (χ4v) is 3.57. The summed E-state index contributed by atoms with van der Waals surface area (Å²) in [6.07, 6.45) is 3.89. The molecule has 0 spiro atoms. The summed E-state index contributed by atoms with van der Waals surface area (Å²) in [5, 5.41) is 11.7. The van der Waals surface area contributed by atoms with Crippen LogP contribution >= 0.6 is 0 Å². The highest BCUT2D eigenvalue weighted by Gasteiger charge is 2.18. The Morgan fingerprint density at radius 1 is 1.11 bits per heavy atom. The molecule has 1 aromatic carbocycles. The van der Waals surface area contributed by atoms with E-state index in [-0.39, 0.29) is 18.1 Å². The summed E-state index contributed by atoms with van der Waals surface area (Å²) in [6, 6.07) is 11.8. The van der Waals surface area contributed by atoms with Crippen LogP contribution in [0.2, 0.25) is 0 Å². The van der Waals surface area contributed by atoms with E-state index in [0.29, 0.717) is 18.9 Å². The predicted molar refractivity (Wildman–Crippen MR) is 105 cm³/mol. The van der Waals surface area contributed by atoms with Crippen molar-refractivity contribution in [3.63, 3.8) is 0 Å². The van der Waals surface area contributed by atoms with Crippen LogP contribution in [-0.4, -0.2) is 30.0 Å². The molecule has 0 atom stereocenters. The van der Waals surface area contributed by atoms with E-state index in [2.05, 4.69) is 15.5 Å². The standard InChI is InChI=1S/C20H24N6O2/c1-15-12-18(25(22-15)13-16-8-4-2-5-9-16)21-19(27)14-26-20(28)24-11-7-3-6-10-17(24)23-26/h2,4-5,8-9,12H,3,6-7,10-11,13-14H2,1H3,(H,21,27). The van der Waals surface area contributed by atoms with E-state index in [0.717, 1.165) is 42.8 Å². The van der Waals surface area contributed by atoms with Crippen molar-refractivity contribution in [2.45, 2.75) is 52.2 Å². The van der Waals surface area contributed by atoms with Crippen molar-refractivity contribution < 1.29 is 4.79 Å². The van der Waals surface area contributed by atoms with Gasteiger partial charge < -0.3 is 5.32 Å². The van der Waals surface area contributed by atoms with Gasteiger partial charge in [0.05, 0.1) is 12.2 Å². The number of hydrogen-bond donors (Lipinski definition) is 1. The van der Waals surface area contributed by atoms with Crippen LogP contribution in [0.15, 0.2) is 41.2 Å². The number of carbonyl (C=O) groups is 1. The fraction of sp³-hybridized carbons (Fsp3) is 0.400. The number of carbonyl (C=O) groups excluding carboxylic acids is 1. The molecule has 0 aliphatic carbocycles. The second-order valence-corrected chi connectivity index (χ2v) is 7.18. The molecule has 1 amide bonds. The van der Waals surface area contributed by atoms with Crippen molar-refractivity contribution in [2.75, 3.05) is 5.32 Å². The summed E-state index contributed by atoms with van der Waals surface area (Å²) in [5.41, 5.74) is 1.70. The molecule has 0 unspecified atom stereocenters. The minimum atomic E-state index is -0.287. The molecular formula is C20H24N6O2. The Labute approximate surface area is 162 Å². The Hall–Kier alpha value is -3.16. The molecule has 4 rings (SSSR count). The first-order chi connectivity index (χ1) is 13.6. The van der Waals surface area contributed by atoms with Gasteiger partial charge in [-0.15, -0.1) is 0 Å². The Kier molecular flexibility index (Phi) is 5.10. The van der Waals surface area contributed by atoms with Crippen LogP contribution < -0.4 is 11.0 Å². The summed E-state index contributed by atoms with van der Waals surface area (Å²) in [5.74, 6) is 1.10. The first-order valence-corrected chi connectivity index (χ1v) is 9.65. The maximum atomic E-state index is 12.6. The third-order valence-electron chi connectivity index (χ3n) is 4.92. The van der Waals surface area contributed by atoms with Gasteiger partial charge in [0.1, 0.15) is 18.2 Å². The lowest BCUT2D eigenvalue weighted by Crippen LogP contribution is -2.30. The number of fused-ring (bicyclic) bond motifs is 1. The van der Waals surface area contributed by atoms with E-state index in [4.69, 9.17) is 0 Å². The SMILES string of the molecule is Cc1cc(NC(=O)Cn2nc3n(c2=O)CCCCC3)n(Cc2ccccc2)n1. The lowest BCUT2D eigenvalue weighted by atomic mass is 10.2. The summed E-state index contributed by atoms with van der Waals surface area (Å²) in [4.78, 5) is 25.1. The molecule has 2 aromatic heterocycles. The molecule has 0 radical (unpaired) electrons. The van der Waals surface area contributed by atoms with E-state index < -0.39 is 0 Å².